The predicted octanol–water partition coefficient (Wildman–Crippen LogP) is 4.00. The summed E-state index contributed by atoms with van der Waals surface area (Å²) in [4.78, 5) is 16.6. The minimum Gasteiger partial charge on any atom is -0.495 e. The van der Waals surface area contributed by atoms with Gasteiger partial charge in [0.05, 0.1) is 18.8 Å². The molecular weight excluding hydrogens is 385 g/mol. The van der Waals surface area contributed by atoms with Crippen LogP contribution in [0.1, 0.15) is 48.2 Å². The van der Waals surface area contributed by atoms with Gasteiger partial charge >= 0.3 is 12.1 Å². The van der Waals surface area contributed by atoms with E-state index in [-0.39, 0.29) is 23.9 Å². The van der Waals surface area contributed by atoms with Crippen LogP contribution in [0.25, 0.3) is 0 Å². The van der Waals surface area contributed by atoms with Crippen molar-refractivity contribution in [1.29, 1.82) is 0 Å². The van der Waals surface area contributed by atoms with Crippen LogP contribution in [0.2, 0.25) is 0 Å². The number of nitrogens with one attached hydrogen (secondary N) is 1. The molecule has 0 aliphatic carbocycles. The lowest BCUT2D eigenvalue weighted by Crippen LogP contribution is -2.48. The number of pyridine rings is 1. The summed E-state index contributed by atoms with van der Waals surface area (Å²) in [5.41, 5.74) is -0.933. The van der Waals surface area contributed by atoms with Crippen molar-refractivity contribution in [2.75, 3.05) is 13.7 Å². The second-order valence-electron chi connectivity index (χ2n) is 7.43. The zero-order valence-corrected chi connectivity index (χ0v) is 15.8. The molecule has 0 radical (unpaired) electrons. The second-order valence-corrected chi connectivity index (χ2v) is 7.43. The standard InChI is InChI=1S/C21H21F3N2O3/c1-28-15-8-9-16(21(22,23)24)26-17(15)14-12-20(29-19(14)27)10-5-11-25-18(20)13-6-3-2-4-7-13/h2-4,6-9,14,18,25H,5,10-12H2,1H3/t14-,18+,20-/m1/s1. The number of aromatic nitrogens is 1. The number of alkyl halides is 3. The molecule has 1 aromatic heterocycles. The summed E-state index contributed by atoms with van der Waals surface area (Å²) in [7, 11) is 1.35. The number of benzene rings is 1. The number of hydrogen-bond donors (Lipinski definition) is 1. The van der Waals surface area contributed by atoms with Gasteiger partial charge in [0.25, 0.3) is 0 Å². The molecule has 3 heterocycles. The fourth-order valence-corrected chi connectivity index (χ4v) is 4.35. The van der Waals surface area contributed by atoms with Gasteiger partial charge < -0.3 is 14.8 Å². The Kier molecular flexibility index (Phi) is 4.98. The number of carbonyl (C=O) groups excluding carboxylic acids is 1. The van der Waals surface area contributed by atoms with Crippen LogP contribution in [0.15, 0.2) is 42.5 Å². The van der Waals surface area contributed by atoms with Crippen LogP contribution >= 0.6 is 0 Å². The molecule has 29 heavy (non-hydrogen) atoms. The number of nitrogens with zero attached hydrogens (tertiary/aromatic N) is 1. The SMILES string of the molecule is COc1ccc(C(F)(F)F)nc1[C@H]1C[C@@]2(CCCN[C@H]2c2ccccc2)OC1=O. The average molecular weight is 406 g/mol. The largest absolute Gasteiger partial charge is 0.495 e. The molecule has 4 rings (SSSR count). The van der Waals surface area contributed by atoms with Crippen molar-refractivity contribution in [2.24, 2.45) is 0 Å². The molecule has 3 atom stereocenters. The van der Waals surface area contributed by atoms with Crippen molar-refractivity contribution in [2.45, 2.75) is 43.0 Å². The third-order valence-electron chi connectivity index (χ3n) is 5.65. The Morgan fingerprint density at radius 2 is 1.97 bits per heavy atom. The summed E-state index contributed by atoms with van der Waals surface area (Å²) in [6, 6.07) is 11.5. The molecule has 2 saturated heterocycles. The van der Waals surface area contributed by atoms with Gasteiger partial charge in [0.2, 0.25) is 0 Å². The second kappa shape index (κ2) is 7.33. The average Bonchev–Trinajstić information content (AvgIpc) is 3.03. The van der Waals surface area contributed by atoms with Crippen molar-refractivity contribution in [3.05, 3.63) is 59.4 Å². The Balaban J connectivity index is 1.72. The molecule has 0 amide bonds. The Labute approximate surface area is 166 Å². The van der Waals surface area contributed by atoms with Gasteiger partial charge in [0.15, 0.2) is 0 Å². The summed E-state index contributed by atoms with van der Waals surface area (Å²) in [5, 5.41) is 3.42. The highest BCUT2D eigenvalue weighted by atomic mass is 19.4. The van der Waals surface area contributed by atoms with Crippen LogP contribution in [0.3, 0.4) is 0 Å². The van der Waals surface area contributed by atoms with Crippen molar-refractivity contribution < 1.29 is 27.4 Å². The molecule has 2 aliphatic heterocycles. The van der Waals surface area contributed by atoms with E-state index in [9.17, 15) is 18.0 Å². The molecule has 8 heteroatoms. The highest BCUT2D eigenvalue weighted by Gasteiger charge is 2.54. The lowest BCUT2D eigenvalue weighted by atomic mass is 9.77. The molecule has 2 fully saturated rings. The maximum atomic E-state index is 13.2. The Morgan fingerprint density at radius 1 is 1.21 bits per heavy atom. The first-order chi connectivity index (χ1) is 13.8. The molecule has 0 bridgehead atoms. The van der Waals surface area contributed by atoms with Crippen LogP contribution in [0.4, 0.5) is 13.2 Å². The van der Waals surface area contributed by atoms with Crippen LogP contribution < -0.4 is 10.1 Å². The molecule has 1 spiro atoms. The number of methoxy groups -OCH3 is 1. The van der Waals surface area contributed by atoms with Gasteiger partial charge in [-0.15, -0.1) is 0 Å². The van der Waals surface area contributed by atoms with E-state index in [0.717, 1.165) is 24.6 Å². The van der Waals surface area contributed by atoms with Gasteiger partial charge in [-0.2, -0.15) is 13.2 Å². The highest BCUT2D eigenvalue weighted by Crippen LogP contribution is 2.50. The molecule has 154 valence electrons. The minimum atomic E-state index is -4.61. The van der Waals surface area contributed by atoms with E-state index in [1.165, 1.54) is 13.2 Å². The predicted molar refractivity (Wildman–Crippen MR) is 98.4 cm³/mol. The van der Waals surface area contributed by atoms with Crippen molar-refractivity contribution in [3.63, 3.8) is 0 Å². The zero-order chi connectivity index (χ0) is 20.6. The van der Waals surface area contributed by atoms with Gasteiger partial charge in [-0.25, -0.2) is 4.98 Å². The molecule has 2 aliphatic rings. The summed E-state index contributed by atoms with van der Waals surface area (Å²) in [6.07, 6.45) is -2.94. The first-order valence-corrected chi connectivity index (χ1v) is 9.47. The first-order valence-electron chi connectivity index (χ1n) is 9.47. The Bertz CT molecular complexity index is 904. The smallest absolute Gasteiger partial charge is 0.433 e. The fourth-order valence-electron chi connectivity index (χ4n) is 4.35. The summed E-state index contributed by atoms with van der Waals surface area (Å²) in [6.45, 7) is 0.772. The summed E-state index contributed by atoms with van der Waals surface area (Å²) < 4.78 is 50.6. The maximum Gasteiger partial charge on any atom is 0.433 e. The van der Waals surface area contributed by atoms with E-state index in [1.807, 2.05) is 30.3 Å². The van der Waals surface area contributed by atoms with Gasteiger partial charge in [-0.1, -0.05) is 30.3 Å². The molecule has 1 aromatic carbocycles. The number of ether oxygens (including phenoxy) is 2. The Hall–Kier alpha value is -2.61. The topological polar surface area (TPSA) is 60.4 Å². The number of piperidine rings is 1. The van der Waals surface area contributed by atoms with Crippen LogP contribution in [0.5, 0.6) is 5.75 Å². The number of carbonyl (C=O) groups is 1. The number of esters is 1. The van der Waals surface area contributed by atoms with Gasteiger partial charge in [0.1, 0.15) is 23.0 Å². The van der Waals surface area contributed by atoms with Crippen molar-refractivity contribution >= 4 is 5.97 Å². The van der Waals surface area contributed by atoms with E-state index < -0.39 is 29.4 Å². The van der Waals surface area contributed by atoms with Crippen molar-refractivity contribution in [1.82, 2.24) is 10.3 Å². The third-order valence-corrected chi connectivity index (χ3v) is 5.65. The molecule has 0 saturated carbocycles. The summed E-state index contributed by atoms with van der Waals surface area (Å²) >= 11 is 0. The number of halogens is 3. The molecule has 5 nitrogen and oxygen atoms in total. The van der Waals surface area contributed by atoms with Gasteiger partial charge in [-0.3, -0.25) is 4.79 Å². The van der Waals surface area contributed by atoms with Crippen LogP contribution in [-0.4, -0.2) is 30.2 Å². The van der Waals surface area contributed by atoms with E-state index >= 15 is 0 Å². The maximum absolute atomic E-state index is 13.2. The first kappa shape index (κ1) is 19.7. The van der Waals surface area contributed by atoms with Crippen LogP contribution in [-0.2, 0) is 15.7 Å². The Morgan fingerprint density at radius 3 is 2.66 bits per heavy atom. The number of rotatable bonds is 3. The lowest BCUT2D eigenvalue weighted by molar-refractivity contribution is -0.154. The molecule has 0 unspecified atom stereocenters. The normalized spacial score (nSPS) is 27.1. The quantitative estimate of drug-likeness (QED) is 0.781. The van der Waals surface area contributed by atoms with E-state index in [0.29, 0.717) is 6.42 Å². The van der Waals surface area contributed by atoms with E-state index in [2.05, 4.69) is 10.3 Å². The van der Waals surface area contributed by atoms with E-state index in [4.69, 9.17) is 9.47 Å². The van der Waals surface area contributed by atoms with E-state index in [1.54, 1.807) is 0 Å². The summed E-state index contributed by atoms with van der Waals surface area (Å²) in [5.74, 6) is -1.34. The van der Waals surface area contributed by atoms with Crippen LogP contribution in [0, 0.1) is 0 Å². The van der Waals surface area contributed by atoms with Gasteiger partial charge in [0, 0.05) is 6.42 Å². The highest BCUT2D eigenvalue weighted by molar-refractivity contribution is 5.81. The van der Waals surface area contributed by atoms with Crippen molar-refractivity contribution in [3.8, 4) is 5.75 Å². The monoisotopic (exact) mass is 406 g/mol. The fraction of sp³-hybridized carbons (Fsp3) is 0.429. The number of hydrogen-bond acceptors (Lipinski definition) is 5. The minimum absolute atomic E-state index is 0.0263. The zero-order valence-electron chi connectivity index (χ0n) is 15.8. The molecular formula is C21H21F3N2O3. The van der Waals surface area contributed by atoms with Gasteiger partial charge in [-0.05, 0) is 37.1 Å². The lowest BCUT2D eigenvalue weighted by Gasteiger charge is -2.40. The molecule has 1 N–H and O–H groups in total. The molecule has 2 aromatic rings. The third kappa shape index (κ3) is 3.57.